The first kappa shape index (κ1) is 20.1. The fourth-order valence-electron chi connectivity index (χ4n) is 3.94. The quantitative estimate of drug-likeness (QED) is 0.627. The summed E-state index contributed by atoms with van der Waals surface area (Å²) in [5, 5.41) is 0. The third-order valence-electron chi connectivity index (χ3n) is 5.74. The molecule has 0 saturated carbocycles. The number of methoxy groups -OCH3 is 1. The Morgan fingerprint density at radius 1 is 1.00 bits per heavy atom. The maximum Gasteiger partial charge on any atom is 0.267 e. The second-order valence-electron chi connectivity index (χ2n) is 7.67. The summed E-state index contributed by atoms with van der Waals surface area (Å²) in [5.74, 6) is 2.91. The molecule has 2 aliphatic heterocycles. The van der Waals surface area contributed by atoms with E-state index in [4.69, 9.17) is 14.2 Å². The number of para-hydroxylation sites is 2. The van der Waals surface area contributed by atoms with Gasteiger partial charge < -0.3 is 24.0 Å². The molecular weight excluding hydrogens is 408 g/mol. The molecule has 0 bridgehead atoms. The lowest BCUT2D eigenvalue weighted by Gasteiger charge is -2.37. The molecule has 0 aliphatic carbocycles. The molecule has 5 rings (SSSR count). The number of aromatic nitrogens is 2. The zero-order valence-corrected chi connectivity index (χ0v) is 17.8. The first-order chi connectivity index (χ1) is 15.7. The molecule has 0 N–H and O–H groups in total. The molecule has 2 aromatic carbocycles. The van der Waals surface area contributed by atoms with E-state index >= 15 is 0 Å². The SMILES string of the molecule is COc1ccc(-c2cc(N3CCN(C(=O)C4COc5ccccc5O4)CC3)ncn2)cc1. The van der Waals surface area contributed by atoms with Gasteiger partial charge in [0.15, 0.2) is 11.5 Å². The largest absolute Gasteiger partial charge is 0.497 e. The van der Waals surface area contributed by atoms with Gasteiger partial charge in [0.1, 0.15) is 24.5 Å². The van der Waals surface area contributed by atoms with E-state index in [0.29, 0.717) is 37.7 Å². The van der Waals surface area contributed by atoms with Gasteiger partial charge in [-0.15, -0.1) is 0 Å². The Bertz CT molecular complexity index is 1100. The van der Waals surface area contributed by atoms with Crippen LogP contribution in [0.25, 0.3) is 11.3 Å². The molecule has 0 radical (unpaired) electrons. The fraction of sp³-hybridized carbons (Fsp3) is 0.292. The number of benzene rings is 2. The molecular formula is C24H24N4O4. The molecule has 1 fully saturated rings. The van der Waals surface area contributed by atoms with Crippen molar-refractivity contribution in [1.82, 2.24) is 14.9 Å². The van der Waals surface area contributed by atoms with Gasteiger partial charge in [-0.3, -0.25) is 4.79 Å². The number of fused-ring (bicyclic) bond motifs is 1. The maximum atomic E-state index is 13.0. The number of nitrogens with zero attached hydrogens (tertiary/aromatic N) is 4. The number of anilines is 1. The number of piperazine rings is 1. The molecule has 3 heterocycles. The number of ether oxygens (including phenoxy) is 3. The van der Waals surface area contributed by atoms with E-state index in [2.05, 4.69) is 14.9 Å². The molecule has 3 aromatic rings. The third-order valence-corrected chi connectivity index (χ3v) is 5.74. The Balaban J connectivity index is 1.22. The minimum atomic E-state index is -0.614. The van der Waals surface area contributed by atoms with Gasteiger partial charge in [-0.2, -0.15) is 0 Å². The molecule has 1 atom stereocenters. The van der Waals surface area contributed by atoms with Gasteiger partial charge in [0.05, 0.1) is 12.8 Å². The number of hydrogen-bond donors (Lipinski definition) is 0. The lowest BCUT2D eigenvalue weighted by atomic mass is 10.1. The summed E-state index contributed by atoms with van der Waals surface area (Å²) >= 11 is 0. The Morgan fingerprint density at radius 3 is 2.50 bits per heavy atom. The van der Waals surface area contributed by atoms with E-state index in [1.54, 1.807) is 13.4 Å². The van der Waals surface area contributed by atoms with Crippen molar-refractivity contribution in [3.63, 3.8) is 0 Å². The number of amides is 1. The number of hydrogen-bond acceptors (Lipinski definition) is 7. The van der Waals surface area contributed by atoms with Gasteiger partial charge in [-0.05, 0) is 36.4 Å². The second kappa shape index (κ2) is 8.74. The van der Waals surface area contributed by atoms with Gasteiger partial charge in [0.25, 0.3) is 5.91 Å². The van der Waals surface area contributed by atoms with Crippen molar-refractivity contribution >= 4 is 11.7 Å². The summed E-state index contributed by atoms with van der Waals surface area (Å²) in [5.41, 5.74) is 1.85. The van der Waals surface area contributed by atoms with Crippen LogP contribution in [0, 0.1) is 0 Å². The Labute approximate surface area is 186 Å². The van der Waals surface area contributed by atoms with Crippen LogP contribution in [0.3, 0.4) is 0 Å². The average molecular weight is 432 g/mol. The van der Waals surface area contributed by atoms with E-state index in [1.807, 2.05) is 59.5 Å². The number of carbonyl (C=O) groups is 1. The van der Waals surface area contributed by atoms with Crippen LogP contribution in [-0.4, -0.2) is 66.8 Å². The minimum Gasteiger partial charge on any atom is -0.497 e. The zero-order chi connectivity index (χ0) is 21.9. The minimum absolute atomic E-state index is 0.0410. The van der Waals surface area contributed by atoms with Crippen LogP contribution in [0.15, 0.2) is 60.9 Å². The van der Waals surface area contributed by atoms with Crippen LogP contribution >= 0.6 is 0 Å². The van der Waals surface area contributed by atoms with Crippen molar-refractivity contribution < 1.29 is 19.0 Å². The number of carbonyl (C=O) groups excluding carboxylic acids is 1. The van der Waals surface area contributed by atoms with Crippen LogP contribution in [0.5, 0.6) is 17.2 Å². The highest BCUT2D eigenvalue weighted by atomic mass is 16.6. The van der Waals surface area contributed by atoms with E-state index in [-0.39, 0.29) is 12.5 Å². The summed E-state index contributed by atoms with van der Waals surface area (Å²) in [7, 11) is 1.65. The van der Waals surface area contributed by atoms with Gasteiger partial charge in [-0.1, -0.05) is 12.1 Å². The van der Waals surface area contributed by atoms with Crippen LogP contribution in [0.2, 0.25) is 0 Å². The zero-order valence-electron chi connectivity index (χ0n) is 17.8. The van der Waals surface area contributed by atoms with Gasteiger partial charge in [-0.25, -0.2) is 9.97 Å². The smallest absolute Gasteiger partial charge is 0.267 e. The van der Waals surface area contributed by atoms with Crippen molar-refractivity contribution in [2.45, 2.75) is 6.10 Å². The topological polar surface area (TPSA) is 77.0 Å². The standard InChI is InChI=1S/C24H24N4O4/c1-30-18-8-6-17(7-9-18)19-14-23(26-16-25-19)27-10-12-28(13-11-27)24(29)22-15-31-20-4-2-3-5-21(20)32-22/h2-9,14,16,22H,10-13,15H2,1H3. The van der Waals surface area contributed by atoms with Crippen molar-refractivity contribution in [3.05, 3.63) is 60.9 Å². The van der Waals surface area contributed by atoms with E-state index < -0.39 is 6.10 Å². The van der Waals surface area contributed by atoms with E-state index in [9.17, 15) is 4.79 Å². The summed E-state index contributed by atoms with van der Waals surface area (Å²) < 4.78 is 16.8. The van der Waals surface area contributed by atoms with E-state index in [1.165, 1.54) is 0 Å². The highest BCUT2D eigenvalue weighted by Gasteiger charge is 2.32. The highest BCUT2D eigenvalue weighted by Crippen LogP contribution is 2.31. The molecule has 2 aliphatic rings. The molecule has 1 unspecified atom stereocenters. The summed E-state index contributed by atoms with van der Waals surface area (Å²) in [6, 6.07) is 17.2. The molecule has 32 heavy (non-hydrogen) atoms. The molecule has 164 valence electrons. The predicted molar refractivity (Wildman–Crippen MR) is 119 cm³/mol. The van der Waals surface area contributed by atoms with E-state index in [0.717, 1.165) is 22.8 Å². The number of rotatable bonds is 4. The van der Waals surface area contributed by atoms with Crippen LogP contribution in [0.4, 0.5) is 5.82 Å². The first-order valence-corrected chi connectivity index (χ1v) is 10.6. The Hall–Kier alpha value is -3.81. The molecule has 0 spiro atoms. The third kappa shape index (κ3) is 4.03. The maximum absolute atomic E-state index is 13.0. The predicted octanol–water partition coefficient (Wildman–Crippen LogP) is 2.64. The first-order valence-electron chi connectivity index (χ1n) is 10.6. The van der Waals surface area contributed by atoms with Crippen LogP contribution in [0.1, 0.15) is 0 Å². The summed E-state index contributed by atoms with van der Waals surface area (Å²) in [6.07, 6.45) is 0.967. The van der Waals surface area contributed by atoms with Gasteiger partial charge >= 0.3 is 0 Å². The lowest BCUT2D eigenvalue weighted by Crippen LogP contribution is -2.54. The van der Waals surface area contributed by atoms with Crippen LogP contribution in [-0.2, 0) is 4.79 Å². The molecule has 1 aromatic heterocycles. The monoisotopic (exact) mass is 432 g/mol. The summed E-state index contributed by atoms with van der Waals surface area (Å²) in [6.45, 7) is 2.81. The fourth-order valence-corrected chi connectivity index (χ4v) is 3.94. The molecule has 8 nitrogen and oxygen atoms in total. The molecule has 1 amide bonds. The van der Waals surface area contributed by atoms with Crippen molar-refractivity contribution in [3.8, 4) is 28.5 Å². The summed E-state index contributed by atoms with van der Waals surface area (Å²) in [4.78, 5) is 25.8. The average Bonchev–Trinajstić information content (AvgIpc) is 2.88. The molecule has 8 heteroatoms. The Morgan fingerprint density at radius 2 is 1.75 bits per heavy atom. The Kier molecular flexibility index (Phi) is 5.49. The van der Waals surface area contributed by atoms with Crippen molar-refractivity contribution in [1.29, 1.82) is 0 Å². The van der Waals surface area contributed by atoms with Crippen molar-refractivity contribution in [2.75, 3.05) is 44.8 Å². The van der Waals surface area contributed by atoms with Crippen LogP contribution < -0.4 is 19.1 Å². The van der Waals surface area contributed by atoms with Crippen molar-refractivity contribution in [2.24, 2.45) is 0 Å². The normalized spacial score (nSPS) is 17.7. The highest BCUT2D eigenvalue weighted by molar-refractivity contribution is 5.82. The van der Waals surface area contributed by atoms with Gasteiger partial charge in [0, 0.05) is 37.8 Å². The molecule has 1 saturated heterocycles. The van der Waals surface area contributed by atoms with Gasteiger partial charge in [0.2, 0.25) is 6.10 Å². The lowest BCUT2D eigenvalue weighted by molar-refractivity contribution is -0.141. The second-order valence-corrected chi connectivity index (χ2v) is 7.67.